The van der Waals surface area contributed by atoms with Crippen molar-refractivity contribution in [3.63, 3.8) is 0 Å². The SMILES string of the molecule is COC(=O)Cc1ccccc1CNCCOCCO. The Morgan fingerprint density at radius 1 is 1.26 bits per heavy atom. The fourth-order valence-electron chi connectivity index (χ4n) is 1.66. The van der Waals surface area contributed by atoms with Crippen molar-refractivity contribution < 1.29 is 19.4 Å². The molecule has 106 valence electrons. The maximum absolute atomic E-state index is 11.3. The maximum atomic E-state index is 11.3. The molecule has 0 spiro atoms. The smallest absolute Gasteiger partial charge is 0.309 e. The van der Waals surface area contributed by atoms with Crippen LogP contribution < -0.4 is 5.32 Å². The predicted molar refractivity (Wildman–Crippen MR) is 71.8 cm³/mol. The number of ether oxygens (including phenoxy) is 2. The monoisotopic (exact) mass is 267 g/mol. The molecule has 0 bridgehead atoms. The molecule has 0 heterocycles. The highest BCUT2D eigenvalue weighted by Crippen LogP contribution is 2.09. The average molecular weight is 267 g/mol. The second kappa shape index (κ2) is 9.49. The second-order valence-corrected chi connectivity index (χ2v) is 4.03. The lowest BCUT2D eigenvalue weighted by Gasteiger charge is -2.10. The summed E-state index contributed by atoms with van der Waals surface area (Å²) in [6, 6.07) is 7.77. The van der Waals surface area contributed by atoms with E-state index in [0.29, 0.717) is 26.3 Å². The fraction of sp³-hybridized carbons (Fsp3) is 0.500. The van der Waals surface area contributed by atoms with Gasteiger partial charge in [0.2, 0.25) is 0 Å². The lowest BCUT2D eigenvalue weighted by atomic mass is 10.0. The number of nitrogens with one attached hydrogen (secondary N) is 1. The Balaban J connectivity index is 2.38. The van der Waals surface area contributed by atoms with Crippen LogP contribution in [0.15, 0.2) is 24.3 Å². The summed E-state index contributed by atoms with van der Waals surface area (Å²) in [6.07, 6.45) is 0.287. The topological polar surface area (TPSA) is 67.8 Å². The molecule has 0 aliphatic rings. The minimum absolute atomic E-state index is 0.0436. The summed E-state index contributed by atoms with van der Waals surface area (Å²) in [5.74, 6) is -0.237. The van der Waals surface area contributed by atoms with Crippen LogP contribution in [-0.4, -0.2) is 44.6 Å². The van der Waals surface area contributed by atoms with Gasteiger partial charge in [0.25, 0.3) is 0 Å². The highest BCUT2D eigenvalue weighted by atomic mass is 16.5. The first-order chi connectivity index (χ1) is 9.27. The molecular formula is C14H21NO4. The van der Waals surface area contributed by atoms with E-state index in [1.807, 2.05) is 24.3 Å². The second-order valence-electron chi connectivity index (χ2n) is 4.03. The summed E-state index contributed by atoms with van der Waals surface area (Å²) >= 11 is 0. The van der Waals surface area contributed by atoms with Crippen molar-refractivity contribution in [2.45, 2.75) is 13.0 Å². The fourth-order valence-corrected chi connectivity index (χ4v) is 1.66. The van der Waals surface area contributed by atoms with E-state index in [0.717, 1.165) is 11.1 Å². The van der Waals surface area contributed by atoms with E-state index in [2.05, 4.69) is 10.1 Å². The van der Waals surface area contributed by atoms with E-state index in [9.17, 15) is 4.79 Å². The molecule has 19 heavy (non-hydrogen) atoms. The predicted octanol–water partition coefficient (Wildman–Crippen LogP) is 0.501. The van der Waals surface area contributed by atoms with E-state index in [4.69, 9.17) is 9.84 Å². The Hall–Kier alpha value is -1.43. The van der Waals surface area contributed by atoms with Crippen LogP contribution in [0.25, 0.3) is 0 Å². The van der Waals surface area contributed by atoms with Gasteiger partial charge in [0.05, 0.1) is 33.4 Å². The third-order valence-electron chi connectivity index (χ3n) is 2.66. The average Bonchev–Trinajstić information content (AvgIpc) is 2.44. The van der Waals surface area contributed by atoms with E-state index in [1.54, 1.807) is 0 Å². The van der Waals surface area contributed by atoms with Crippen LogP contribution in [0.3, 0.4) is 0 Å². The van der Waals surface area contributed by atoms with Crippen LogP contribution in [-0.2, 0) is 27.2 Å². The van der Waals surface area contributed by atoms with Crippen molar-refractivity contribution >= 4 is 5.97 Å². The van der Waals surface area contributed by atoms with Gasteiger partial charge in [0, 0.05) is 13.1 Å². The number of benzene rings is 1. The van der Waals surface area contributed by atoms with Crippen LogP contribution in [0.4, 0.5) is 0 Å². The van der Waals surface area contributed by atoms with Crippen molar-refractivity contribution in [1.29, 1.82) is 0 Å². The third kappa shape index (κ3) is 6.33. The summed E-state index contributed by atoms with van der Waals surface area (Å²) in [7, 11) is 1.39. The number of aliphatic hydroxyl groups is 1. The van der Waals surface area contributed by atoms with Crippen LogP contribution >= 0.6 is 0 Å². The molecule has 0 aliphatic heterocycles. The number of carbonyl (C=O) groups is 1. The lowest BCUT2D eigenvalue weighted by molar-refractivity contribution is -0.139. The van der Waals surface area contributed by atoms with Crippen molar-refractivity contribution in [1.82, 2.24) is 5.32 Å². The molecule has 0 aromatic heterocycles. The lowest BCUT2D eigenvalue weighted by Crippen LogP contribution is -2.21. The van der Waals surface area contributed by atoms with Gasteiger partial charge in [-0.1, -0.05) is 24.3 Å². The van der Waals surface area contributed by atoms with Gasteiger partial charge < -0.3 is 19.9 Å². The molecule has 0 unspecified atom stereocenters. The van der Waals surface area contributed by atoms with Crippen molar-refractivity contribution in [3.8, 4) is 0 Å². The number of methoxy groups -OCH3 is 1. The van der Waals surface area contributed by atoms with Gasteiger partial charge in [-0.05, 0) is 11.1 Å². The summed E-state index contributed by atoms with van der Waals surface area (Å²) in [5, 5.41) is 11.8. The van der Waals surface area contributed by atoms with Crippen LogP contribution in [0.1, 0.15) is 11.1 Å². The van der Waals surface area contributed by atoms with Gasteiger partial charge in [-0.15, -0.1) is 0 Å². The number of aliphatic hydroxyl groups excluding tert-OH is 1. The molecule has 1 aromatic carbocycles. The van der Waals surface area contributed by atoms with E-state index >= 15 is 0 Å². The van der Waals surface area contributed by atoms with Gasteiger partial charge in [0.15, 0.2) is 0 Å². The molecule has 1 aromatic rings. The van der Waals surface area contributed by atoms with Gasteiger partial charge in [-0.3, -0.25) is 4.79 Å². The number of rotatable bonds is 9. The number of hydrogen-bond donors (Lipinski definition) is 2. The molecule has 5 heteroatoms. The maximum Gasteiger partial charge on any atom is 0.309 e. The normalized spacial score (nSPS) is 10.4. The number of esters is 1. The van der Waals surface area contributed by atoms with E-state index in [-0.39, 0.29) is 19.0 Å². The summed E-state index contributed by atoms with van der Waals surface area (Å²) in [4.78, 5) is 11.3. The van der Waals surface area contributed by atoms with Crippen molar-refractivity contribution in [2.24, 2.45) is 0 Å². The summed E-state index contributed by atoms with van der Waals surface area (Å²) in [6.45, 7) is 2.34. The summed E-state index contributed by atoms with van der Waals surface area (Å²) in [5.41, 5.74) is 2.05. The van der Waals surface area contributed by atoms with Crippen molar-refractivity contribution in [2.75, 3.05) is 33.5 Å². The van der Waals surface area contributed by atoms with Gasteiger partial charge in [-0.25, -0.2) is 0 Å². The molecule has 2 N–H and O–H groups in total. The molecular weight excluding hydrogens is 246 g/mol. The Kier molecular flexibility index (Phi) is 7.81. The molecule has 0 atom stereocenters. The Bertz CT molecular complexity index is 381. The highest BCUT2D eigenvalue weighted by Gasteiger charge is 2.07. The van der Waals surface area contributed by atoms with Crippen LogP contribution in [0.2, 0.25) is 0 Å². The zero-order valence-corrected chi connectivity index (χ0v) is 11.2. The third-order valence-corrected chi connectivity index (χ3v) is 2.66. The van der Waals surface area contributed by atoms with Gasteiger partial charge in [-0.2, -0.15) is 0 Å². The largest absolute Gasteiger partial charge is 0.469 e. The molecule has 0 aliphatic carbocycles. The standard InChI is InChI=1S/C14H21NO4/c1-18-14(17)10-12-4-2-3-5-13(12)11-15-6-8-19-9-7-16/h2-5,15-16H,6-11H2,1H3. The number of carbonyl (C=O) groups excluding carboxylic acids is 1. The zero-order valence-electron chi connectivity index (χ0n) is 11.2. The van der Waals surface area contributed by atoms with E-state index in [1.165, 1.54) is 7.11 Å². The summed E-state index contributed by atoms with van der Waals surface area (Å²) < 4.78 is 9.82. The highest BCUT2D eigenvalue weighted by molar-refractivity contribution is 5.72. The Morgan fingerprint density at radius 2 is 2.00 bits per heavy atom. The molecule has 0 saturated carbocycles. The Labute approximate surface area is 113 Å². The molecule has 0 saturated heterocycles. The first-order valence-electron chi connectivity index (χ1n) is 6.31. The first-order valence-corrected chi connectivity index (χ1v) is 6.31. The van der Waals surface area contributed by atoms with Gasteiger partial charge in [0.1, 0.15) is 0 Å². The molecule has 0 radical (unpaired) electrons. The quantitative estimate of drug-likeness (QED) is 0.504. The molecule has 5 nitrogen and oxygen atoms in total. The van der Waals surface area contributed by atoms with Crippen LogP contribution in [0, 0.1) is 0 Å². The first kappa shape index (κ1) is 15.6. The molecule has 1 rings (SSSR count). The van der Waals surface area contributed by atoms with Crippen LogP contribution in [0.5, 0.6) is 0 Å². The minimum Gasteiger partial charge on any atom is -0.469 e. The minimum atomic E-state index is -0.237. The van der Waals surface area contributed by atoms with E-state index < -0.39 is 0 Å². The zero-order chi connectivity index (χ0) is 13.9. The van der Waals surface area contributed by atoms with Gasteiger partial charge >= 0.3 is 5.97 Å². The van der Waals surface area contributed by atoms with Crippen molar-refractivity contribution in [3.05, 3.63) is 35.4 Å². The molecule has 0 amide bonds. The number of hydrogen-bond acceptors (Lipinski definition) is 5. The molecule has 0 fully saturated rings. The Morgan fingerprint density at radius 3 is 2.68 bits per heavy atom.